The number of hydrogen-bond acceptors (Lipinski definition) is 4. The summed E-state index contributed by atoms with van der Waals surface area (Å²) in [6.07, 6.45) is 0. The van der Waals surface area contributed by atoms with Crippen molar-refractivity contribution in [2.45, 2.75) is 13.5 Å². The lowest BCUT2D eigenvalue weighted by molar-refractivity contribution is 0.174. The molecule has 1 aliphatic rings. The fourth-order valence-corrected chi connectivity index (χ4v) is 2.86. The molecule has 120 valence electrons. The highest BCUT2D eigenvalue weighted by Gasteiger charge is 2.21. The summed E-state index contributed by atoms with van der Waals surface area (Å²) in [6.45, 7) is 2.49. The van der Waals surface area contributed by atoms with Gasteiger partial charge in [-0.1, -0.05) is 12.1 Å². The van der Waals surface area contributed by atoms with Gasteiger partial charge in [0.15, 0.2) is 11.5 Å². The summed E-state index contributed by atoms with van der Waals surface area (Å²) in [7, 11) is 0. The number of nitrogens with zero attached hydrogens (tertiary/aromatic N) is 3. The molecule has 0 amide bonds. The number of ether oxygens (including phenoxy) is 2. The number of fused-ring (bicyclic) bond motifs is 2. The first kappa shape index (κ1) is 14.5. The monoisotopic (exact) mass is 323 g/mol. The molecule has 4 rings (SSSR count). The molecule has 3 aromatic rings. The molecule has 0 saturated carbocycles. The quantitative estimate of drug-likeness (QED) is 0.737. The van der Waals surface area contributed by atoms with Crippen LogP contribution >= 0.6 is 0 Å². The van der Waals surface area contributed by atoms with Gasteiger partial charge in [-0.15, -0.1) is 0 Å². The highest BCUT2D eigenvalue weighted by atomic mass is 19.1. The van der Waals surface area contributed by atoms with Crippen LogP contribution < -0.4 is 9.47 Å². The lowest BCUT2D eigenvalue weighted by atomic mass is 10.1. The van der Waals surface area contributed by atoms with Crippen molar-refractivity contribution < 1.29 is 13.9 Å². The summed E-state index contributed by atoms with van der Waals surface area (Å²) in [5.74, 6) is 1.38. The van der Waals surface area contributed by atoms with Crippen molar-refractivity contribution in [3.63, 3.8) is 0 Å². The van der Waals surface area contributed by atoms with E-state index in [4.69, 9.17) is 9.47 Å². The summed E-state index contributed by atoms with van der Waals surface area (Å²) < 4.78 is 26.4. The number of nitriles is 1. The number of aromatic nitrogens is 2. The fourth-order valence-electron chi connectivity index (χ4n) is 2.86. The second-order valence-corrected chi connectivity index (χ2v) is 5.78. The predicted molar refractivity (Wildman–Crippen MR) is 86.0 cm³/mol. The number of halogens is 1. The van der Waals surface area contributed by atoms with E-state index in [0.717, 1.165) is 11.0 Å². The van der Waals surface area contributed by atoms with Crippen LogP contribution in [-0.2, 0) is 6.54 Å². The minimum atomic E-state index is -0.325. The number of rotatable bonds is 3. The Morgan fingerprint density at radius 2 is 2.08 bits per heavy atom. The Balaban J connectivity index is 1.95. The second-order valence-electron chi connectivity index (χ2n) is 5.78. The molecule has 0 saturated heterocycles. The molecule has 5 nitrogen and oxygen atoms in total. The molecular formula is C18H14FN3O2. The van der Waals surface area contributed by atoms with Gasteiger partial charge in [-0.05, 0) is 19.1 Å². The number of hydrogen-bond donors (Lipinski definition) is 0. The number of benzene rings is 2. The SMILES string of the molecule is CC(C#N)Cn1c(-c2cccc(F)c2)nc2cc3c(cc21)OCO3. The minimum absolute atomic E-state index is 0.188. The van der Waals surface area contributed by atoms with Crippen LogP contribution in [0.4, 0.5) is 4.39 Å². The zero-order valence-electron chi connectivity index (χ0n) is 13.0. The Morgan fingerprint density at radius 3 is 2.83 bits per heavy atom. The van der Waals surface area contributed by atoms with Crippen LogP contribution in [-0.4, -0.2) is 16.3 Å². The normalized spacial score (nSPS) is 13.9. The van der Waals surface area contributed by atoms with Crippen LogP contribution in [0.5, 0.6) is 11.5 Å². The van der Waals surface area contributed by atoms with Gasteiger partial charge in [0.25, 0.3) is 0 Å². The van der Waals surface area contributed by atoms with E-state index in [1.807, 2.05) is 23.6 Å². The van der Waals surface area contributed by atoms with Crippen LogP contribution in [0.1, 0.15) is 6.92 Å². The Labute approximate surface area is 137 Å². The molecule has 0 bridgehead atoms. The fraction of sp³-hybridized carbons (Fsp3) is 0.222. The van der Waals surface area contributed by atoms with E-state index in [1.165, 1.54) is 12.1 Å². The van der Waals surface area contributed by atoms with Crippen molar-refractivity contribution in [1.29, 1.82) is 5.26 Å². The third kappa shape index (κ3) is 2.35. The highest BCUT2D eigenvalue weighted by molar-refractivity contribution is 5.84. The Kier molecular flexibility index (Phi) is 3.35. The van der Waals surface area contributed by atoms with Crippen molar-refractivity contribution in [2.75, 3.05) is 6.79 Å². The largest absolute Gasteiger partial charge is 0.454 e. The van der Waals surface area contributed by atoms with Gasteiger partial charge < -0.3 is 14.0 Å². The van der Waals surface area contributed by atoms with Crippen LogP contribution in [0.25, 0.3) is 22.4 Å². The summed E-state index contributed by atoms with van der Waals surface area (Å²) in [6, 6.07) is 12.2. The molecule has 2 aromatic carbocycles. The average molecular weight is 323 g/mol. The van der Waals surface area contributed by atoms with Crippen molar-refractivity contribution in [2.24, 2.45) is 5.92 Å². The van der Waals surface area contributed by atoms with E-state index in [1.54, 1.807) is 12.1 Å². The maximum atomic E-state index is 13.6. The first-order chi connectivity index (χ1) is 11.7. The average Bonchev–Trinajstić information content (AvgIpc) is 3.17. The molecule has 0 spiro atoms. The van der Waals surface area contributed by atoms with E-state index < -0.39 is 0 Å². The molecular weight excluding hydrogens is 309 g/mol. The van der Waals surface area contributed by atoms with Crippen molar-refractivity contribution in [3.8, 4) is 29.0 Å². The van der Waals surface area contributed by atoms with E-state index in [0.29, 0.717) is 29.4 Å². The molecule has 1 aliphatic heterocycles. The van der Waals surface area contributed by atoms with E-state index in [2.05, 4.69) is 11.1 Å². The second kappa shape index (κ2) is 5.53. The molecule has 24 heavy (non-hydrogen) atoms. The van der Waals surface area contributed by atoms with Gasteiger partial charge in [-0.2, -0.15) is 5.26 Å². The third-order valence-corrected chi connectivity index (χ3v) is 4.00. The maximum absolute atomic E-state index is 13.6. The van der Waals surface area contributed by atoms with Crippen LogP contribution in [0.15, 0.2) is 36.4 Å². The molecule has 2 heterocycles. The molecule has 0 aliphatic carbocycles. The van der Waals surface area contributed by atoms with Gasteiger partial charge in [0.2, 0.25) is 6.79 Å². The third-order valence-electron chi connectivity index (χ3n) is 4.00. The summed E-state index contributed by atoms with van der Waals surface area (Å²) in [4.78, 5) is 4.64. The topological polar surface area (TPSA) is 60.1 Å². The molecule has 0 fully saturated rings. The minimum Gasteiger partial charge on any atom is -0.454 e. The first-order valence-corrected chi connectivity index (χ1v) is 7.61. The molecule has 0 radical (unpaired) electrons. The molecule has 0 N–H and O–H groups in total. The van der Waals surface area contributed by atoms with Gasteiger partial charge in [0.1, 0.15) is 11.6 Å². The van der Waals surface area contributed by atoms with Gasteiger partial charge in [-0.3, -0.25) is 0 Å². The summed E-state index contributed by atoms with van der Waals surface area (Å²) in [5, 5.41) is 9.18. The lowest BCUT2D eigenvalue weighted by Gasteiger charge is -2.11. The van der Waals surface area contributed by atoms with E-state index >= 15 is 0 Å². The lowest BCUT2D eigenvalue weighted by Crippen LogP contribution is -2.07. The molecule has 1 unspecified atom stereocenters. The highest BCUT2D eigenvalue weighted by Crippen LogP contribution is 2.37. The first-order valence-electron chi connectivity index (χ1n) is 7.61. The van der Waals surface area contributed by atoms with Crippen molar-refractivity contribution in [3.05, 3.63) is 42.2 Å². The molecule has 1 atom stereocenters. The summed E-state index contributed by atoms with van der Waals surface area (Å²) >= 11 is 0. The van der Waals surface area contributed by atoms with Gasteiger partial charge in [0.05, 0.1) is 23.0 Å². The Hall–Kier alpha value is -3.07. The van der Waals surface area contributed by atoms with E-state index in [-0.39, 0.29) is 18.5 Å². The van der Waals surface area contributed by atoms with Crippen molar-refractivity contribution in [1.82, 2.24) is 9.55 Å². The maximum Gasteiger partial charge on any atom is 0.231 e. The van der Waals surface area contributed by atoms with Crippen LogP contribution in [0.2, 0.25) is 0 Å². The van der Waals surface area contributed by atoms with Gasteiger partial charge >= 0.3 is 0 Å². The predicted octanol–water partition coefficient (Wildman–Crippen LogP) is 3.73. The van der Waals surface area contributed by atoms with Gasteiger partial charge in [0, 0.05) is 24.2 Å². The summed E-state index contributed by atoms with van der Waals surface area (Å²) in [5.41, 5.74) is 2.22. The van der Waals surface area contributed by atoms with Crippen molar-refractivity contribution >= 4 is 11.0 Å². The Morgan fingerprint density at radius 1 is 1.29 bits per heavy atom. The zero-order valence-corrected chi connectivity index (χ0v) is 13.0. The van der Waals surface area contributed by atoms with Crippen LogP contribution in [0.3, 0.4) is 0 Å². The zero-order chi connectivity index (χ0) is 16.7. The standard InChI is InChI=1S/C18H14FN3O2/c1-11(8-20)9-22-15-7-17-16(23-10-24-17)6-14(15)21-18(22)12-3-2-4-13(19)5-12/h2-7,11H,9-10H2,1H3. The number of imidazole rings is 1. The van der Waals surface area contributed by atoms with E-state index in [9.17, 15) is 9.65 Å². The smallest absolute Gasteiger partial charge is 0.231 e. The Bertz CT molecular complexity index is 974. The van der Waals surface area contributed by atoms with Crippen LogP contribution in [0, 0.1) is 23.1 Å². The molecule has 1 aromatic heterocycles. The van der Waals surface area contributed by atoms with Gasteiger partial charge in [-0.25, -0.2) is 9.37 Å². The molecule has 6 heteroatoms.